The molecule has 0 radical (unpaired) electrons. The quantitative estimate of drug-likeness (QED) is 0.380. The molecule has 0 spiro atoms. The van der Waals surface area contributed by atoms with Crippen LogP contribution < -0.4 is 4.74 Å². The van der Waals surface area contributed by atoms with Gasteiger partial charge in [0.25, 0.3) is 5.91 Å². The molecule has 5 rings (SSSR count). The van der Waals surface area contributed by atoms with Crippen LogP contribution in [0.3, 0.4) is 0 Å². The van der Waals surface area contributed by atoms with Crippen LogP contribution in [0.4, 0.5) is 0 Å². The zero-order chi connectivity index (χ0) is 22.1. The summed E-state index contributed by atoms with van der Waals surface area (Å²) >= 11 is 0. The number of aromatic nitrogens is 1. The predicted molar refractivity (Wildman–Crippen MR) is 126 cm³/mol. The van der Waals surface area contributed by atoms with Crippen molar-refractivity contribution in [3.63, 3.8) is 0 Å². The lowest BCUT2D eigenvalue weighted by atomic mass is 9.96. The van der Waals surface area contributed by atoms with E-state index in [2.05, 4.69) is 23.2 Å². The van der Waals surface area contributed by atoms with E-state index in [4.69, 9.17) is 4.74 Å². The van der Waals surface area contributed by atoms with Crippen LogP contribution in [-0.2, 0) is 13.1 Å². The van der Waals surface area contributed by atoms with E-state index in [1.165, 1.54) is 0 Å². The first-order valence-corrected chi connectivity index (χ1v) is 10.7. The SMILES string of the molecule is Cc1cncc(-c2cc(C)c3c(c2)CN(Cc2ccc(Oc4ccccc4)cc2)C3=O)c1. The lowest BCUT2D eigenvalue weighted by molar-refractivity contribution is 0.0766. The van der Waals surface area contributed by atoms with Gasteiger partial charge in [0, 0.05) is 36.6 Å². The summed E-state index contributed by atoms with van der Waals surface area (Å²) in [5.74, 6) is 1.68. The number of carbonyl (C=O) groups is 1. The molecule has 32 heavy (non-hydrogen) atoms. The second-order valence-electron chi connectivity index (χ2n) is 8.30. The number of fused-ring (bicyclic) bond motifs is 1. The maximum Gasteiger partial charge on any atom is 0.255 e. The average Bonchev–Trinajstić information content (AvgIpc) is 3.11. The molecule has 3 aromatic carbocycles. The van der Waals surface area contributed by atoms with Crippen LogP contribution in [0.25, 0.3) is 11.1 Å². The van der Waals surface area contributed by atoms with Gasteiger partial charge in [-0.3, -0.25) is 9.78 Å². The fourth-order valence-corrected chi connectivity index (χ4v) is 4.24. The van der Waals surface area contributed by atoms with Crippen molar-refractivity contribution in [3.05, 3.63) is 113 Å². The highest BCUT2D eigenvalue weighted by Crippen LogP contribution is 2.32. The Morgan fingerprint density at radius 3 is 2.38 bits per heavy atom. The molecule has 1 aliphatic heterocycles. The monoisotopic (exact) mass is 420 g/mol. The number of aryl methyl sites for hydroxylation is 2. The highest BCUT2D eigenvalue weighted by molar-refractivity contribution is 6.00. The molecule has 158 valence electrons. The van der Waals surface area contributed by atoms with E-state index in [9.17, 15) is 4.79 Å². The number of amides is 1. The van der Waals surface area contributed by atoms with E-state index in [0.717, 1.165) is 50.4 Å². The number of hydrogen-bond donors (Lipinski definition) is 0. The Hall–Kier alpha value is -3.92. The number of rotatable bonds is 5. The topological polar surface area (TPSA) is 42.4 Å². The van der Waals surface area contributed by atoms with Crippen LogP contribution in [0.1, 0.15) is 32.6 Å². The van der Waals surface area contributed by atoms with Crippen LogP contribution in [0.2, 0.25) is 0 Å². The number of benzene rings is 3. The first kappa shape index (κ1) is 20.0. The average molecular weight is 421 g/mol. The van der Waals surface area contributed by atoms with Crippen LogP contribution in [0.5, 0.6) is 11.5 Å². The van der Waals surface area contributed by atoms with E-state index in [1.54, 1.807) is 0 Å². The molecule has 0 N–H and O–H groups in total. The van der Waals surface area contributed by atoms with Crippen molar-refractivity contribution >= 4 is 5.91 Å². The number of para-hydroxylation sites is 1. The van der Waals surface area contributed by atoms with Crippen molar-refractivity contribution in [2.24, 2.45) is 0 Å². The summed E-state index contributed by atoms with van der Waals surface area (Å²) in [6, 6.07) is 24.0. The number of hydrogen-bond acceptors (Lipinski definition) is 3. The maximum absolute atomic E-state index is 13.1. The lowest BCUT2D eigenvalue weighted by Gasteiger charge is -2.16. The standard InChI is InChI=1S/C28H24N2O2/c1-19-12-23(16-29-15-19)22-13-20(2)27-24(14-22)18-30(28(27)31)17-21-8-10-26(11-9-21)32-25-6-4-3-5-7-25/h3-16H,17-18H2,1-2H3. The molecule has 2 heterocycles. The Labute approximate surface area is 188 Å². The fourth-order valence-electron chi connectivity index (χ4n) is 4.24. The molecule has 1 amide bonds. The molecule has 0 fully saturated rings. The second-order valence-corrected chi connectivity index (χ2v) is 8.30. The molecule has 1 aromatic heterocycles. The van der Waals surface area contributed by atoms with Crippen molar-refractivity contribution in [1.82, 2.24) is 9.88 Å². The smallest absolute Gasteiger partial charge is 0.255 e. The van der Waals surface area contributed by atoms with Crippen molar-refractivity contribution < 1.29 is 9.53 Å². The second kappa shape index (κ2) is 8.31. The summed E-state index contributed by atoms with van der Waals surface area (Å²) in [7, 11) is 0. The van der Waals surface area contributed by atoms with Gasteiger partial charge in [-0.1, -0.05) is 36.4 Å². The van der Waals surface area contributed by atoms with E-state index in [0.29, 0.717) is 13.1 Å². The molecular formula is C28H24N2O2. The van der Waals surface area contributed by atoms with Crippen molar-refractivity contribution in [2.75, 3.05) is 0 Å². The molecule has 1 aliphatic rings. The molecule has 4 nitrogen and oxygen atoms in total. The Morgan fingerprint density at radius 2 is 1.62 bits per heavy atom. The van der Waals surface area contributed by atoms with Gasteiger partial charge >= 0.3 is 0 Å². The van der Waals surface area contributed by atoms with Gasteiger partial charge in [-0.15, -0.1) is 0 Å². The molecule has 0 bridgehead atoms. The molecular weight excluding hydrogens is 396 g/mol. The van der Waals surface area contributed by atoms with Gasteiger partial charge in [0.05, 0.1) is 0 Å². The van der Waals surface area contributed by atoms with Gasteiger partial charge in [-0.05, 0) is 78.1 Å². The Bertz CT molecular complexity index is 1280. The fraction of sp³-hybridized carbons (Fsp3) is 0.143. The van der Waals surface area contributed by atoms with Crippen LogP contribution >= 0.6 is 0 Å². The number of ether oxygens (including phenoxy) is 1. The zero-order valence-electron chi connectivity index (χ0n) is 18.2. The summed E-state index contributed by atoms with van der Waals surface area (Å²) in [4.78, 5) is 19.3. The van der Waals surface area contributed by atoms with Crippen LogP contribution in [0.15, 0.2) is 85.2 Å². The lowest BCUT2D eigenvalue weighted by Crippen LogP contribution is -2.23. The Balaban J connectivity index is 1.33. The minimum atomic E-state index is 0.0935. The number of nitrogens with zero attached hydrogens (tertiary/aromatic N) is 2. The third-order valence-electron chi connectivity index (χ3n) is 5.76. The molecule has 4 aromatic rings. The van der Waals surface area contributed by atoms with Gasteiger partial charge in [0.1, 0.15) is 11.5 Å². The largest absolute Gasteiger partial charge is 0.457 e. The molecule has 4 heteroatoms. The van der Waals surface area contributed by atoms with Crippen molar-refractivity contribution in [2.45, 2.75) is 26.9 Å². The zero-order valence-corrected chi connectivity index (χ0v) is 18.2. The molecule has 0 aliphatic carbocycles. The molecule has 0 saturated heterocycles. The molecule has 0 atom stereocenters. The van der Waals surface area contributed by atoms with Gasteiger partial charge in [0.2, 0.25) is 0 Å². The Kier molecular flexibility index (Phi) is 5.20. The summed E-state index contributed by atoms with van der Waals surface area (Å²) in [6.07, 6.45) is 3.73. The van der Waals surface area contributed by atoms with Crippen LogP contribution in [-0.4, -0.2) is 15.8 Å². The third kappa shape index (κ3) is 4.00. The van der Waals surface area contributed by atoms with Crippen molar-refractivity contribution in [3.8, 4) is 22.6 Å². The van der Waals surface area contributed by atoms with E-state index < -0.39 is 0 Å². The van der Waals surface area contributed by atoms with Crippen LogP contribution in [0, 0.1) is 13.8 Å². The minimum absolute atomic E-state index is 0.0935. The van der Waals surface area contributed by atoms with Gasteiger partial charge in [-0.2, -0.15) is 0 Å². The first-order valence-electron chi connectivity index (χ1n) is 10.7. The molecule has 0 unspecified atom stereocenters. The van der Waals surface area contributed by atoms with Gasteiger partial charge in [-0.25, -0.2) is 0 Å². The normalized spacial score (nSPS) is 12.7. The summed E-state index contributed by atoms with van der Waals surface area (Å²) < 4.78 is 5.87. The first-order chi connectivity index (χ1) is 15.6. The Morgan fingerprint density at radius 1 is 0.875 bits per heavy atom. The third-order valence-corrected chi connectivity index (χ3v) is 5.76. The van der Waals surface area contributed by atoms with E-state index >= 15 is 0 Å². The number of carbonyl (C=O) groups excluding carboxylic acids is 1. The maximum atomic E-state index is 13.1. The van der Waals surface area contributed by atoms with E-state index in [-0.39, 0.29) is 5.91 Å². The molecule has 0 saturated carbocycles. The predicted octanol–water partition coefficient (Wildman–Crippen LogP) is 6.31. The van der Waals surface area contributed by atoms with E-state index in [1.807, 2.05) is 85.7 Å². The summed E-state index contributed by atoms with van der Waals surface area (Å²) in [5, 5.41) is 0. The number of pyridine rings is 1. The highest BCUT2D eigenvalue weighted by Gasteiger charge is 2.29. The minimum Gasteiger partial charge on any atom is -0.457 e. The summed E-state index contributed by atoms with van der Waals surface area (Å²) in [6.45, 7) is 5.24. The summed E-state index contributed by atoms with van der Waals surface area (Å²) in [5.41, 5.74) is 7.31. The van der Waals surface area contributed by atoms with Gasteiger partial charge < -0.3 is 9.64 Å². The highest BCUT2D eigenvalue weighted by atomic mass is 16.5. The van der Waals surface area contributed by atoms with Crippen molar-refractivity contribution in [1.29, 1.82) is 0 Å². The van der Waals surface area contributed by atoms with Gasteiger partial charge in [0.15, 0.2) is 0 Å².